The van der Waals surface area contributed by atoms with Crippen LogP contribution >= 0.6 is 12.2 Å². The largest absolute Gasteiger partial charge is 0.360 e. The van der Waals surface area contributed by atoms with Crippen LogP contribution < -0.4 is 16.0 Å². The Morgan fingerprint density at radius 2 is 1.67 bits per heavy atom. The Kier molecular flexibility index (Phi) is 3.98. The summed E-state index contributed by atoms with van der Waals surface area (Å²) in [4.78, 5) is 0. The van der Waals surface area contributed by atoms with Gasteiger partial charge >= 0.3 is 0 Å². The molecule has 2 saturated carbocycles. The van der Waals surface area contributed by atoms with Gasteiger partial charge in [0, 0.05) is 23.2 Å². The molecule has 0 radical (unpaired) electrons. The molecular weight excluding hydrogens is 278 g/mol. The second-order valence-electron chi connectivity index (χ2n) is 8.90. The van der Waals surface area contributed by atoms with Crippen LogP contribution in [0, 0.1) is 11.8 Å². The van der Waals surface area contributed by atoms with Crippen LogP contribution in [0.2, 0.25) is 0 Å². The van der Waals surface area contributed by atoms with Crippen molar-refractivity contribution in [1.82, 2.24) is 16.0 Å². The molecule has 0 aromatic carbocycles. The van der Waals surface area contributed by atoms with Crippen LogP contribution in [0.5, 0.6) is 0 Å². The Morgan fingerprint density at radius 3 is 2.19 bits per heavy atom. The van der Waals surface area contributed by atoms with Crippen molar-refractivity contribution in [3.63, 3.8) is 0 Å². The van der Waals surface area contributed by atoms with Crippen LogP contribution in [0.25, 0.3) is 0 Å². The molecule has 120 valence electrons. The molecule has 1 saturated heterocycles. The van der Waals surface area contributed by atoms with Gasteiger partial charge in [0.2, 0.25) is 0 Å². The molecule has 2 aliphatic carbocycles. The van der Waals surface area contributed by atoms with Gasteiger partial charge in [-0.1, -0.05) is 6.42 Å². The summed E-state index contributed by atoms with van der Waals surface area (Å²) in [5.74, 6) is 1.84. The van der Waals surface area contributed by atoms with Gasteiger partial charge in [0.25, 0.3) is 0 Å². The molecule has 3 N–H and O–H groups in total. The minimum atomic E-state index is 0.168. The zero-order chi connectivity index (χ0) is 15.3. The number of piperidine rings is 1. The minimum absolute atomic E-state index is 0.168. The van der Waals surface area contributed by atoms with E-state index in [1.54, 1.807) is 0 Å². The average Bonchev–Trinajstić information content (AvgIpc) is 2.85. The van der Waals surface area contributed by atoms with E-state index in [1.165, 1.54) is 25.7 Å². The highest BCUT2D eigenvalue weighted by Crippen LogP contribution is 2.44. The van der Waals surface area contributed by atoms with Crippen molar-refractivity contribution in [1.29, 1.82) is 0 Å². The van der Waals surface area contributed by atoms with E-state index >= 15 is 0 Å². The van der Waals surface area contributed by atoms with Crippen LogP contribution in [0.4, 0.5) is 0 Å². The summed E-state index contributed by atoms with van der Waals surface area (Å²) in [5.41, 5.74) is 0.336. The highest BCUT2D eigenvalue weighted by Gasteiger charge is 2.41. The molecule has 0 unspecified atom stereocenters. The third-order valence-electron chi connectivity index (χ3n) is 5.58. The molecule has 0 aromatic rings. The summed E-state index contributed by atoms with van der Waals surface area (Å²) in [7, 11) is 0. The van der Waals surface area contributed by atoms with Gasteiger partial charge in [-0.25, -0.2) is 0 Å². The molecule has 0 aromatic heterocycles. The van der Waals surface area contributed by atoms with E-state index in [9.17, 15) is 0 Å². The van der Waals surface area contributed by atoms with Crippen molar-refractivity contribution >= 4 is 17.3 Å². The Morgan fingerprint density at radius 1 is 1.00 bits per heavy atom. The van der Waals surface area contributed by atoms with Crippen LogP contribution in [0.15, 0.2) is 0 Å². The fourth-order valence-corrected chi connectivity index (χ4v) is 5.56. The Hall–Kier alpha value is -0.350. The topological polar surface area (TPSA) is 36.1 Å². The lowest BCUT2D eigenvalue weighted by Crippen LogP contribution is -2.63. The predicted molar refractivity (Wildman–Crippen MR) is 92.4 cm³/mol. The molecule has 1 heterocycles. The predicted octanol–water partition coefficient (Wildman–Crippen LogP) is 2.95. The van der Waals surface area contributed by atoms with Crippen molar-refractivity contribution in [3.05, 3.63) is 0 Å². The van der Waals surface area contributed by atoms with Gasteiger partial charge in [0.05, 0.1) is 0 Å². The standard InChI is InChI=1S/C17H31N3S/c1-16(2)9-13(10-17(3,4)20-16)18-15(21)19-14-8-11-5-6-12(14)7-11/h11-14,20H,5-10H2,1-4H3,(H2,18,19,21)/t11-,12+,14+/m1/s1. The summed E-state index contributed by atoms with van der Waals surface area (Å²) in [6.45, 7) is 9.15. The number of thiocarbonyl (C=S) groups is 1. The lowest BCUT2D eigenvalue weighted by Gasteiger charge is -2.47. The summed E-state index contributed by atoms with van der Waals surface area (Å²) in [6, 6.07) is 1.10. The summed E-state index contributed by atoms with van der Waals surface area (Å²) >= 11 is 5.59. The monoisotopic (exact) mass is 309 g/mol. The molecule has 0 spiro atoms. The third kappa shape index (κ3) is 3.70. The molecule has 3 nitrogen and oxygen atoms in total. The molecule has 3 rings (SSSR count). The lowest BCUT2D eigenvalue weighted by atomic mass is 9.80. The minimum Gasteiger partial charge on any atom is -0.360 e. The summed E-state index contributed by atoms with van der Waals surface area (Å²) in [5, 5.41) is 11.8. The Labute approximate surface area is 135 Å². The Bertz CT molecular complexity index is 402. The van der Waals surface area contributed by atoms with E-state index in [2.05, 4.69) is 43.6 Å². The quantitative estimate of drug-likeness (QED) is 0.686. The van der Waals surface area contributed by atoms with E-state index in [0.717, 1.165) is 29.8 Å². The van der Waals surface area contributed by atoms with Gasteiger partial charge in [-0.15, -0.1) is 0 Å². The van der Waals surface area contributed by atoms with Crippen molar-refractivity contribution in [2.24, 2.45) is 11.8 Å². The van der Waals surface area contributed by atoms with Crippen molar-refractivity contribution in [3.8, 4) is 0 Å². The number of hydrogen-bond donors (Lipinski definition) is 3. The second kappa shape index (κ2) is 5.38. The smallest absolute Gasteiger partial charge is 0.166 e. The molecule has 3 fully saturated rings. The number of nitrogens with one attached hydrogen (secondary N) is 3. The zero-order valence-electron chi connectivity index (χ0n) is 14.0. The maximum atomic E-state index is 5.59. The highest BCUT2D eigenvalue weighted by molar-refractivity contribution is 7.80. The third-order valence-corrected chi connectivity index (χ3v) is 5.82. The van der Waals surface area contributed by atoms with Crippen LogP contribution in [-0.2, 0) is 0 Å². The van der Waals surface area contributed by atoms with Gasteiger partial charge in [0.15, 0.2) is 5.11 Å². The van der Waals surface area contributed by atoms with Gasteiger partial charge in [-0.05, 0) is 83.9 Å². The highest BCUT2D eigenvalue weighted by atomic mass is 32.1. The van der Waals surface area contributed by atoms with Crippen molar-refractivity contribution < 1.29 is 0 Å². The van der Waals surface area contributed by atoms with Gasteiger partial charge in [-0.2, -0.15) is 0 Å². The second-order valence-corrected chi connectivity index (χ2v) is 9.31. The first-order chi connectivity index (χ1) is 9.72. The average molecular weight is 310 g/mol. The lowest BCUT2D eigenvalue weighted by molar-refractivity contribution is 0.155. The first-order valence-electron chi connectivity index (χ1n) is 8.59. The molecule has 3 atom stereocenters. The van der Waals surface area contributed by atoms with E-state index in [0.29, 0.717) is 12.1 Å². The van der Waals surface area contributed by atoms with Crippen LogP contribution in [0.3, 0.4) is 0 Å². The Balaban J connectivity index is 1.52. The van der Waals surface area contributed by atoms with Crippen molar-refractivity contribution in [2.75, 3.05) is 0 Å². The molecule has 1 aliphatic heterocycles. The molecule has 2 bridgehead atoms. The fraction of sp³-hybridized carbons (Fsp3) is 0.941. The van der Waals surface area contributed by atoms with E-state index < -0.39 is 0 Å². The van der Waals surface area contributed by atoms with Crippen molar-refractivity contribution in [2.45, 2.75) is 89.4 Å². The maximum Gasteiger partial charge on any atom is 0.166 e. The SMILES string of the molecule is CC1(C)CC(NC(=S)N[C@H]2C[C@@H]3CC[C@H]2C3)CC(C)(C)N1. The number of fused-ring (bicyclic) bond motifs is 2. The number of rotatable bonds is 2. The zero-order valence-corrected chi connectivity index (χ0v) is 14.8. The molecular formula is C17H31N3S. The maximum absolute atomic E-state index is 5.59. The fourth-order valence-electron chi connectivity index (χ4n) is 5.24. The van der Waals surface area contributed by atoms with Crippen LogP contribution in [0.1, 0.15) is 66.2 Å². The molecule has 0 amide bonds. The summed E-state index contributed by atoms with van der Waals surface area (Å²) in [6.07, 6.45) is 7.84. The molecule has 21 heavy (non-hydrogen) atoms. The normalized spacial score (nSPS) is 37.4. The number of hydrogen-bond acceptors (Lipinski definition) is 2. The van der Waals surface area contributed by atoms with E-state index in [-0.39, 0.29) is 11.1 Å². The van der Waals surface area contributed by atoms with Gasteiger partial charge < -0.3 is 16.0 Å². The first kappa shape index (κ1) is 15.5. The first-order valence-corrected chi connectivity index (χ1v) is 9.00. The van der Waals surface area contributed by atoms with Gasteiger partial charge in [0.1, 0.15) is 0 Å². The van der Waals surface area contributed by atoms with Gasteiger partial charge in [-0.3, -0.25) is 0 Å². The molecule has 3 aliphatic rings. The molecule has 4 heteroatoms. The summed E-state index contributed by atoms with van der Waals surface area (Å²) < 4.78 is 0. The van der Waals surface area contributed by atoms with E-state index in [4.69, 9.17) is 12.2 Å². The van der Waals surface area contributed by atoms with Crippen LogP contribution in [-0.4, -0.2) is 28.3 Å². The van der Waals surface area contributed by atoms with E-state index in [1.807, 2.05) is 0 Å².